The number of pyridine rings is 1. The van der Waals surface area contributed by atoms with Gasteiger partial charge in [-0.1, -0.05) is 42.6 Å². The second-order valence-corrected chi connectivity index (χ2v) is 6.41. The number of anilines is 1. The van der Waals surface area contributed by atoms with Crippen LogP contribution in [0.2, 0.25) is 10.0 Å². The van der Waals surface area contributed by atoms with Crippen molar-refractivity contribution in [1.29, 1.82) is 0 Å². The standard InChI is InChI=1S/C18H19Cl2N3O2/c1-3-4-10-23(2)18(25)15-7-5-6-14(21-15)17(24)22-16-11-12(19)8-9-13(16)20/h5-9,11H,3-4,10H2,1-2H3,(H,22,24). The fourth-order valence-electron chi connectivity index (χ4n) is 2.15. The Kier molecular flexibility index (Phi) is 6.79. The smallest absolute Gasteiger partial charge is 0.274 e. The van der Waals surface area contributed by atoms with Crippen molar-refractivity contribution in [3.8, 4) is 0 Å². The van der Waals surface area contributed by atoms with E-state index in [2.05, 4.69) is 17.2 Å². The molecule has 0 aliphatic rings. The SMILES string of the molecule is CCCCN(C)C(=O)c1cccc(C(=O)Nc2cc(Cl)ccc2Cl)n1. The number of rotatable bonds is 6. The monoisotopic (exact) mass is 379 g/mol. The molecule has 7 heteroatoms. The number of halogens is 2. The zero-order chi connectivity index (χ0) is 18.4. The summed E-state index contributed by atoms with van der Waals surface area (Å²) in [4.78, 5) is 30.5. The van der Waals surface area contributed by atoms with E-state index in [1.807, 2.05) is 0 Å². The Hall–Kier alpha value is -2.11. The van der Waals surface area contributed by atoms with Gasteiger partial charge in [-0.05, 0) is 36.8 Å². The number of carbonyl (C=O) groups is 2. The molecule has 2 rings (SSSR count). The largest absolute Gasteiger partial charge is 0.340 e. The Morgan fingerprint density at radius 2 is 1.88 bits per heavy atom. The van der Waals surface area contributed by atoms with E-state index in [1.165, 1.54) is 6.07 Å². The number of nitrogens with zero attached hydrogens (tertiary/aromatic N) is 2. The van der Waals surface area contributed by atoms with E-state index in [9.17, 15) is 9.59 Å². The molecule has 0 atom stereocenters. The molecular weight excluding hydrogens is 361 g/mol. The Morgan fingerprint density at radius 3 is 2.60 bits per heavy atom. The fraction of sp³-hybridized carbons (Fsp3) is 0.278. The summed E-state index contributed by atoms with van der Waals surface area (Å²) in [5, 5.41) is 3.47. The first-order valence-electron chi connectivity index (χ1n) is 7.91. The first-order valence-corrected chi connectivity index (χ1v) is 8.67. The predicted octanol–water partition coefficient (Wildman–Crippen LogP) is 4.51. The molecule has 0 bridgehead atoms. The molecule has 1 N–H and O–H groups in total. The van der Waals surface area contributed by atoms with Crippen LogP contribution in [0.3, 0.4) is 0 Å². The van der Waals surface area contributed by atoms with E-state index in [4.69, 9.17) is 23.2 Å². The topological polar surface area (TPSA) is 62.3 Å². The van der Waals surface area contributed by atoms with Crippen molar-refractivity contribution in [2.45, 2.75) is 19.8 Å². The van der Waals surface area contributed by atoms with Gasteiger partial charge in [0.05, 0.1) is 10.7 Å². The van der Waals surface area contributed by atoms with Gasteiger partial charge in [0.25, 0.3) is 11.8 Å². The summed E-state index contributed by atoms with van der Waals surface area (Å²) in [6, 6.07) is 9.53. The van der Waals surface area contributed by atoms with Gasteiger partial charge in [-0.3, -0.25) is 9.59 Å². The zero-order valence-electron chi connectivity index (χ0n) is 14.1. The molecule has 0 spiro atoms. The zero-order valence-corrected chi connectivity index (χ0v) is 15.6. The predicted molar refractivity (Wildman–Crippen MR) is 101 cm³/mol. The van der Waals surface area contributed by atoms with Crippen LogP contribution < -0.4 is 5.32 Å². The minimum absolute atomic E-state index is 0.130. The van der Waals surface area contributed by atoms with Gasteiger partial charge in [-0.25, -0.2) is 4.98 Å². The van der Waals surface area contributed by atoms with Crippen LogP contribution in [0.4, 0.5) is 5.69 Å². The highest BCUT2D eigenvalue weighted by atomic mass is 35.5. The van der Waals surface area contributed by atoms with E-state index >= 15 is 0 Å². The molecule has 1 aromatic carbocycles. The van der Waals surface area contributed by atoms with Gasteiger partial charge in [-0.15, -0.1) is 0 Å². The van der Waals surface area contributed by atoms with Crippen LogP contribution in [0.25, 0.3) is 0 Å². The highest BCUT2D eigenvalue weighted by molar-refractivity contribution is 6.35. The third-order valence-electron chi connectivity index (χ3n) is 3.57. The van der Waals surface area contributed by atoms with Crippen molar-refractivity contribution in [2.24, 2.45) is 0 Å². The van der Waals surface area contributed by atoms with Gasteiger partial charge >= 0.3 is 0 Å². The van der Waals surface area contributed by atoms with Gasteiger partial charge in [0, 0.05) is 18.6 Å². The molecule has 0 radical (unpaired) electrons. The van der Waals surface area contributed by atoms with Gasteiger partial charge in [-0.2, -0.15) is 0 Å². The molecule has 0 fully saturated rings. The maximum absolute atomic E-state index is 12.4. The normalized spacial score (nSPS) is 10.4. The molecule has 132 valence electrons. The summed E-state index contributed by atoms with van der Waals surface area (Å²) in [5.74, 6) is -0.682. The summed E-state index contributed by atoms with van der Waals surface area (Å²) in [6.07, 6.45) is 1.91. The second-order valence-electron chi connectivity index (χ2n) is 5.57. The molecule has 2 aromatic rings. The Labute approximate surface area is 157 Å². The lowest BCUT2D eigenvalue weighted by atomic mass is 10.2. The Balaban J connectivity index is 2.16. The Bertz CT molecular complexity index is 781. The van der Waals surface area contributed by atoms with Crippen LogP contribution >= 0.6 is 23.2 Å². The lowest BCUT2D eigenvalue weighted by Gasteiger charge is -2.16. The van der Waals surface area contributed by atoms with Gasteiger partial charge < -0.3 is 10.2 Å². The summed E-state index contributed by atoms with van der Waals surface area (Å²) < 4.78 is 0. The highest BCUT2D eigenvalue weighted by Gasteiger charge is 2.16. The van der Waals surface area contributed by atoms with Crippen molar-refractivity contribution in [3.05, 3.63) is 57.8 Å². The maximum atomic E-state index is 12.4. The number of nitrogens with one attached hydrogen (secondary N) is 1. The number of amides is 2. The van der Waals surface area contributed by atoms with Crippen LogP contribution in [0.1, 0.15) is 40.7 Å². The van der Waals surface area contributed by atoms with Crippen LogP contribution in [-0.4, -0.2) is 35.3 Å². The lowest BCUT2D eigenvalue weighted by molar-refractivity contribution is 0.0787. The lowest BCUT2D eigenvalue weighted by Crippen LogP contribution is -2.29. The van der Waals surface area contributed by atoms with Crippen molar-refractivity contribution in [3.63, 3.8) is 0 Å². The first-order chi connectivity index (χ1) is 11.9. The van der Waals surface area contributed by atoms with Crippen molar-refractivity contribution >= 4 is 40.7 Å². The maximum Gasteiger partial charge on any atom is 0.274 e. The van der Waals surface area contributed by atoms with E-state index in [0.717, 1.165) is 12.8 Å². The van der Waals surface area contributed by atoms with E-state index in [0.29, 0.717) is 22.3 Å². The van der Waals surface area contributed by atoms with Crippen molar-refractivity contribution < 1.29 is 9.59 Å². The van der Waals surface area contributed by atoms with Crippen LogP contribution in [0.5, 0.6) is 0 Å². The van der Waals surface area contributed by atoms with Gasteiger partial charge in [0.15, 0.2) is 0 Å². The van der Waals surface area contributed by atoms with Crippen molar-refractivity contribution in [2.75, 3.05) is 18.9 Å². The molecule has 0 aliphatic carbocycles. The average molecular weight is 380 g/mol. The second kappa shape index (κ2) is 8.83. The number of hydrogen-bond acceptors (Lipinski definition) is 3. The van der Waals surface area contributed by atoms with Crippen LogP contribution in [-0.2, 0) is 0 Å². The average Bonchev–Trinajstić information content (AvgIpc) is 2.62. The quantitative estimate of drug-likeness (QED) is 0.802. The molecule has 2 amide bonds. The molecule has 0 saturated carbocycles. The molecular formula is C18H19Cl2N3O2. The number of hydrogen-bond donors (Lipinski definition) is 1. The summed E-state index contributed by atoms with van der Waals surface area (Å²) in [5.41, 5.74) is 0.743. The highest BCUT2D eigenvalue weighted by Crippen LogP contribution is 2.25. The molecule has 0 saturated heterocycles. The molecule has 0 unspecified atom stereocenters. The van der Waals surface area contributed by atoms with Gasteiger partial charge in [0.1, 0.15) is 11.4 Å². The van der Waals surface area contributed by atoms with E-state index in [1.54, 1.807) is 42.3 Å². The molecule has 5 nitrogen and oxygen atoms in total. The van der Waals surface area contributed by atoms with Crippen LogP contribution in [0, 0.1) is 0 Å². The molecule has 25 heavy (non-hydrogen) atoms. The number of carbonyl (C=O) groups excluding carboxylic acids is 2. The van der Waals surface area contributed by atoms with E-state index in [-0.39, 0.29) is 17.3 Å². The number of aromatic nitrogens is 1. The molecule has 0 aliphatic heterocycles. The summed E-state index contributed by atoms with van der Waals surface area (Å²) in [7, 11) is 1.72. The third kappa shape index (κ3) is 5.18. The number of unbranched alkanes of at least 4 members (excludes halogenated alkanes) is 1. The molecule has 1 heterocycles. The van der Waals surface area contributed by atoms with Crippen molar-refractivity contribution in [1.82, 2.24) is 9.88 Å². The minimum Gasteiger partial charge on any atom is -0.340 e. The fourth-order valence-corrected chi connectivity index (χ4v) is 2.49. The summed E-state index contributed by atoms with van der Waals surface area (Å²) in [6.45, 7) is 2.70. The van der Waals surface area contributed by atoms with Crippen LogP contribution in [0.15, 0.2) is 36.4 Å². The van der Waals surface area contributed by atoms with E-state index < -0.39 is 5.91 Å². The third-order valence-corrected chi connectivity index (χ3v) is 4.14. The van der Waals surface area contributed by atoms with Gasteiger partial charge in [0.2, 0.25) is 0 Å². The minimum atomic E-state index is -0.463. The first kappa shape index (κ1) is 19.2. The number of benzene rings is 1. The Morgan fingerprint density at radius 1 is 1.16 bits per heavy atom. The molecule has 1 aromatic heterocycles. The summed E-state index contributed by atoms with van der Waals surface area (Å²) >= 11 is 12.0.